The Morgan fingerprint density at radius 2 is 1.69 bits per heavy atom. The minimum Gasteiger partial charge on any atom is -0.305 e. The molecule has 10 heteroatoms. The molecule has 1 unspecified atom stereocenters. The molecule has 2 heterocycles. The topological polar surface area (TPSA) is 95.3 Å². The summed E-state index contributed by atoms with van der Waals surface area (Å²) in [5.74, 6) is 0.689. The van der Waals surface area contributed by atoms with Crippen molar-refractivity contribution >= 4 is 63.6 Å². The first kappa shape index (κ1) is 17.1. The fraction of sp³-hybridized carbons (Fsp3) is 0.0625. The summed E-state index contributed by atoms with van der Waals surface area (Å²) in [7, 11) is 0. The summed E-state index contributed by atoms with van der Waals surface area (Å²) < 4.78 is 4.92. The van der Waals surface area contributed by atoms with E-state index in [0.717, 1.165) is 0 Å². The second kappa shape index (κ2) is 6.44. The number of benzene rings is 2. The monoisotopic (exact) mass is 408 g/mol. The van der Waals surface area contributed by atoms with Crippen molar-refractivity contribution in [2.24, 2.45) is 5.73 Å². The molecule has 4 rings (SSSR count). The molecule has 0 spiro atoms. The van der Waals surface area contributed by atoms with Gasteiger partial charge in [-0.15, -0.1) is 0 Å². The highest BCUT2D eigenvalue weighted by Gasteiger charge is 2.40. The van der Waals surface area contributed by atoms with Gasteiger partial charge in [-0.25, -0.2) is 4.63 Å². The maximum absolute atomic E-state index is 8.56. The number of halogens is 3. The first-order chi connectivity index (χ1) is 12.5. The number of para-hydroxylation sites is 1. The van der Waals surface area contributed by atoms with E-state index in [-0.39, 0.29) is 5.84 Å². The van der Waals surface area contributed by atoms with E-state index in [2.05, 4.69) is 10.3 Å². The first-order valence-electron chi connectivity index (χ1n) is 7.44. The number of nitrogens with two attached hydrogens (primary N) is 1. The van der Waals surface area contributed by atoms with Gasteiger partial charge in [-0.2, -0.15) is 0 Å². The Morgan fingerprint density at radius 1 is 0.962 bits per heavy atom. The van der Waals surface area contributed by atoms with Crippen molar-refractivity contribution in [3.63, 3.8) is 0 Å². The SMILES string of the molecule is N=C1C(N)N(c2ccccc2Cl)c2nonc2N1c1ccc(Cl)c(Cl)c1. The summed E-state index contributed by atoms with van der Waals surface area (Å²) in [6.07, 6.45) is -0.872. The second-order valence-electron chi connectivity index (χ2n) is 5.50. The molecule has 0 fully saturated rings. The maximum atomic E-state index is 8.56. The van der Waals surface area contributed by atoms with Crippen molar-refractivity contribution in [1.29, 1.82) is 5.41 Å². The van der Waals surface area contributed by atoms with Crippen LogP contribution in [0.4, 0.5) is 23.0 Å². The molecule has 3 aromatic rings. The predicted octanol–water partition coefficient (Wildman–Crippen LogP) is 4.58. The van der Waals surface area contributed by atoms with Crippen molar-refractivity contribution in [3.8, 4) is 0 Å². The molecule has 0 bridgehead atoms. The lowest BCUT2D eigenvalue weighted by atomic mass is 10.1. The Hall–Kier alpha value is -2.32. The fourth-order valence-electron chi connectivity index (χ4n) is 2.77. The van der Waals surface area contributed by atoms with E-state index >= 15 is 0 Å². The number of anilines is 4. The molecule has 1 aromatic heterocycles. The van der Waals surface area contributed by atoms with Crippen molar-refractivity contribution in [1.82, 2.24) is 10.3 Å². The molecule has 0 amide bonds. The summed E-state index contributed by atoms with van der Waals surface area (Å²) in [5, 5.41) is 17.7. The van der Waals surface area contributed by atoms with E-state index in [4.69, 9.17) is 50.6 Å². The Labute approximate surface area is 163 Å². The molecule has 0 saturated heterocycles. The van der Waals surface area contributed by atoms with Gasteiger partial charge in [-0.3, -0.25) is 15.2 Å². The van der Waals surface area contributed by atoms with Gasteiger partial charge < -0.3 is 5.73 Å². The first-order valence-corrected chi connectivity index (χ1v) is 8.58. The lowest BCUT2D eigenvalue weighted by molar-refractivity contribution is 0.309. The van der Waals surface area contributed by atoms with Crippen LogP contribution in [0.2, 0.25) is 15.1 Å². The molecule has 0 saturated carbocycles. The normalized spacial score (nSPS) is 16.8. The van der Waals surface area contributed by atoms with Crippen LogP contribution in [-0.4, -0.2) is 22.3 Å². The number of fused-ring (bicyclic) bond motifs is 1. The average Bonchev–Trinajstić information content (AvgIpc) is 3.09. The number of hydrogen-bond donors (Lipinski definition) is 2. The van der Waals surface area contributed by atoms with Crippen LogP contribution in [0.25, 0.3) is 0 Å². The van der Waals surface area contributed by atoms with Crippen molar-refractivity contribution in [2.75, 3.05) is 9.80 Å². The van der Waals surface area contributed by atoms with Crippen LogP contribution in [0.3, 0.4) is 0 Å². The third kappa shape index (κ3) is 2.60. The molecule has 3 N–H and O–H groups in total. The van der Waals surface area contributed by atoms with Gasteiger partial charge >= 0.3 is 0 Å². The quantitative estimate of drug-likeness (QED) is 0.643. The molecule has 26 heavy (non-hydrogen) atoms. The van der Waals surface area contributed by atoms with Crippen molar-refractivity contribution in [2.45, 2.75) is 6.17 Å². The lowest BCUT2D eigenvalue weighted by Gasteiger charge is -2.38. The highest BCUT2D eigenvalue weighted by Crippen LogP contribution is 2.43. The van der Waals surface area contributed by atoms with Gasteiger partial charge in [0.25, 0.3) is 0 Å². The molecule has 1 aliphatic rings. The van der Waals surface area contributed by atoms with Crippen LogP contribution in [0.15, 0.2) is 47.1 Å². The Bertz CT molecular complexity index is 1010. The summed E-state index contributed by atoms with van der Waals surface area (Å²) in [4.78, 5) is 3.11. The minimum atomic E-state index is -0.872. The Balaban J connectivity index is 1.87. The van der Waals surface area contributed by atoms with Gasteiger partial charge in [0.1, 0.15) is 12.0 Å². The second-order valence-corrected chi connectivity index (χ2v) is 6.72. The van der Waals surface area contributed by atoms with Gasteiger partial charge in [0.05, 0.1) is 26.4 Å². The maximum Gasteiger partial charge on any atom is 0.228 e. The van der Waals surface area contributed by atoms with Gasteiger partial charge in [-0.05, 0) is 40.6 Å². The summed E-state index contributed by atoms with van der Waals surface area (Å²) in [6, 6.07) is 12.1. The minimum absolute atomic E-state index is 0.0477. The standard InChI is InChI=1S/C16H11Cl3N6O/c17-9-6-5-8(7-11(9)19)24-13(20)14(21)25(16-15(24)22-26-23-16)12-4-2-1-3-10(12)18/h1-7,14,20H,21H2. The van der Waals surface area contributed by atoms with Crippen LogP contribution in [0.1, 0.15) is 0 Å². The molecular formula is C16H11Cl3N6O. The summed E-state index contributed by atoms with van der Waals surface area (Å²) >= 11 is 18.4. The number of nitrogens with one attached hydrogen (secondary N) is 1. The molecule has 7 nitrogen and oxygen atoms in total. The third-order valence-corrected chi connectivity index (χ3v) is 5.03. The van der Waals surface area contributed by atoms with Crippen LogP contribution in [0, 0.1) is 5.41 Å². The zero-order valence-electron chi connectivity index (χ0n) is 13.0. The van der Waals surface area contributed by atoms with Crippen LogP contribution >= 0.6 is 34.8 Å². The largest absolute Gasteiger partial charge is 0.305 e. The number of rotatable bonds is 2. The van der Waals surface area contributed by atoms with E-state index in [1.807, 2.05) is 6.07 Å². The molecule has 132 valence electrons. The van der Waals surface area contributed by atoms with Gasteiger partial charge in [0.15, 0.2) is 0 Å². The van der Waals surface area contributed by atoms with Crippen molar-refractivity contribution in [3.05, 3.63) is 57.5 Å². The van der Waals surface area contributed by atoms with E-state index in [1.54, 1.807) is 41.3 Å². The molecule has 1 aliphatic heterocycles. The highest BCUT2D eigenvalue weighted by molar-refractivity contribution is 6.42. The predicted molar refractivity (Wildman–Crippen MR) is 102 cm³/mol. The fourth-order valence-corrected chi connectivity index (χ4v) is 3.29. The molecular weight excluding hydrogens is 399 g/mol. The van der Waals surface area contributed by atoms with Gasteiger partial charge in [0.2, 0.25) is 11.6 Å². The van der Waals surface area contributed by atoms with Crippen LogP contribution in [0.5, 0.6) is 0 Å². The number of hydrogen-bond acceptors (Lipinski definition) is 6. The van der Waals surface area contributed by atoms with E-state index < -0.39 is 6.17 Å². The van der Waals surface area contributed by atoms with Crippen molar-refractivity contribution < 1.29 is 4.63 Å². The van der Waals surface area contributed by atoms with E-state index in [1.165, 1.54) is 4.90 Å². The molecule has 0 aliphatic carbocycles. The van der Waals surface area contributed by atoms with E-state index in [0.29, 0.717) is 38.1 Å². The van der Waals surface area contributed by atoms with Gasteiger partial charge in [0, 0.05) is 0 Å². The van der Waals surface area contributed by atoms with Crippen LogP contribution in [-0.2, 0) is 0 Å². The Morgan fingerprint density at radius 3 is 2.42 bits per heavy atom. The number of amidine groups is 1. The highest BCUT2D eigenvalue weighted by atomic mass is 35.5. The number of nitrogens with zero attached hydrogens (tertiary/aromatic N) is 4. The zero-order chi connectivity index (χ0) is 18.4. The smallest absolute Gasteiger partial charge is 0.228 e. The lowest BCUT2D eigenvalue weighted by Crippen LogP contribution is -2.54. The van der Waals surface area contributed by atoms with E-state index in [9.17, 15) is 0 Å². The molecule has 2 aromatic carbocycles. The molecule has 1 atom stereocenters. The zero-order valence-corrected chi connectivity index (χ0v) is 15.3. The number of aromatic nitrogens is 2. The summed E-state index contributed by atoms with van der Waals surface area (Å²) in [6.45, 7) is 0. The summed E-state index contributed by atoms with van der Waals surface area (Å²) in [5.41, 5.74) is 7.49. The van der Waals surface area contributed by atoms with Crippen LogP contribution < -0.4 is 15.5 Å². The van der Waals surface area contributed by atoms with Gasteiger partial charge in [-0.1, -0.05) is 46.9 Å². The third-order valence-electron chi connectivity index (χ3n) is 3.97. The Kier molecular flexibility index (Phi) is 4.24. The molecule has 0 radical (unpaired) electrons. The average molecular weight is 410 g/mol.